The molecule has 4 rings (SSSR count). The first kappa shape index (κ1) is 20.3. The average Bonchev–Trinajstić information content (AvgIpc) is 3.32. The van der Waals surface area contributed by atoms with Crippen LogP contribution in [-0.4, -0.2) is 42.0 Å². The van der Waals surface area contributed by atoms with Gasteiger partial charge in [0.05, 0.1) is 18.6 Å². The number of hydrogen-bond acceptors (Lipinski definition) is 5. The molecule has 1 aromatic carbocycles. The molecule has 0 spiro atoms. The average molecular weight is 422 g/mol. The van der Waals surface area contributed by atoms with E-state index in [2.05, 4.69) is 10.3 Å². The van der Waals surface area contributed by atoms with Crippen molar-refractivity contribution in [3.63, 3.8) is 0 Å². The van der Waals surface area contributed by atoms with Crippen LogP contribution in [0.3, 0.4) is 0 Å². The van der Waals surface area contributed by atoms with Crippen molar-refractivity contribution < 1.29 is 14.3 Å². The number of methoxy groups -OCH3 is 1. The summed E-state index contributed by atoms with van der Waals surface area (Å²) in [5.41, 5.74) is 2.31. The first-order valence-corrected chi connectivity index (χ1v) is 10.7. The van der Waals surface area contributed by atoms with Gasteiger partial charge in [-0.1, -0.05) is 24.3 Å². The maximum absolute atomic E-state index is 13.5. The molecule has 0 saturated heterocycles. The summed E-state index contributed by atoms with van der Waals surface area (Å²) in [4.78, 5) is 33.6. The molecular weight excluding hydrogens is 398 g/mol. The Bertz CT molecular complexity index is 1010. The number of nitrogens with one attached hydrogen (secondary N) is 1. The van der Waals surface area contributed by atoms with Crippen LogP contribution in [0, 0.1) is 0 Å². The van der Waals surface area contributed by atoms with E-state index < -0.39 is 5.92 Å². The van der Waals surface area contributed by atoms with Gasteiger partial charge in [0, 0.05) is 43.0 Å². The molecule has 1 N–H and O–H groups in total. The van der Waals surface area contributed by atoms with Crippen molar-refractivity contribution in [1.82, 2.24) is 15.2 Å². The molecule has 6 nitrogen and oxygen atoms in total. The smallest absolute Gasteiger partial charge is 0.254 e. The van der Waals surface area contributed by atoms with Crippen LogP contribution >= 0.6 is 11.3 Å². The number of benzene rings is 1. The lowest BCUT2D eigenvalue weighted by molar-refractivity contribution is -0.124. The Balaban J connectivity index is 1.72. The molecule has 2 aromatic heterocycles. The summed E-state index contributed by atoms with van der Waals surface area (Å²) in [6.07, 6.45) is 3.41. The SMILES string of the molecule is COCCN1C(=O)c2ccccc2C(C(=O)NCc2ccncc2)C1c1cccs1. The van der Waals surface area contributed by atoms with Crippen LogP contribution in [-0.2, 0) is 16.1 Å². The number of pyridine rings is 1. The monoisotopic (exact) mass is 421 g/mol. The quantitative estimate of drug-likeness (QED) is 0.635. The first-order chi connectivity index (χ1) is 14.7. The van der Waals surface area contributed by atoms with Gasteiger partial charge in [-0.15, -0.1) is 11.3 Å². The fourth-order valence-electron chi connectivity index (χ4n) is 3.89. The number of fused-ring (bicyclic) bond motifs is 1. The summed E-state index contributed by atoms with van der Waals surface area (Å²) >= 11 is 1.56. The molecule has 0 aliphatic carbocycles. The van der Waals surface area contributed by atoms with Gasteiger partial charge in [-0.25, -0.2) is 0 Å². The maximum atomic E-state index is 13.5. The fraction of sp³-hybridized carbons (Fsp3) is 0.261. The highest BCUT2D eigenvalue weighted by Gasteiger charge is 2.44. The number of rotatable bonds is 7. The molecule has 0 bridgehead atoms. The lowest BCUT2D eigenvalue weighted by Gasteiger charge is -2.41. The van der Waals surface area contributed by atoms with Crippen molar-refractivity contribution in [1.29, 1.82) is 0 Å². The van der Waals surface area contributed by atoms with Gasteiger partial charge >= 0.3 is 0 Å². The number of carbonyl (C=O) groups excluding carboxylic acids is 2. The zero-order valence-electron chi connectivity index (χ0n) is 16.7. The Kier molecular flexibility index (Phi) is 6.21. The second-order valence-electron chi connectivity index (χ2n) is 7.09. The first-order valence-electron chi connectivity index (χ1n) is 9.79. The Morgan fingerprint density at radius 3 is 2.70 bits per heavy atom. The summed E-state index contributed by atoms with van der Waals surface area (Å²) in [7, 11) is 1.61. The molecule has 1 aliphatic rings. The summed E-state index contributed by atoms with van der Waals surface area (Å²) in [6, 6.07) is 14.7. The number of thiophene rings is 1. The van der Waals surface area contributed by atoms with Crippen LogP contribution in [0.4, 0.5) is 0 Å². The van der Waals surface area contributed by atoms with Crippen LogP contribution < -0.4 is 5.32 Å². The molecule has 0 radical (unpaired) electrons. The Hall–Kier alpha value is -3.03. The van der Waals surface area contributed by atoms with E-state index in [0.29, 0.717) is 25.3 Å². The molecule has 2 unspecified atom stereocenters. The predicted octanol–water partition coefficient (Wildman–Crippen LogP) is 3.39. The number of ether oxygens (including phenoxy) is 1. The van der Waals surface area contributed by atoms with E-state index in [4.69, 9.17) is 4.74 Å². The lowest BCUT2D eigenvalue weighted by atomic mass is 9.81. The van der Waals surface area contributed by atoms with Gasteiger partial charge in [0.25, 0.3) is 5.91 Å². The second kappa shape index (κ2) is 9.19. The van der Waals surface area contributed by atoms with Crippen LogP contribution in [0.1, 0.15) is 38.3 Å². The van der Waals surface area contributed by atoms with Gasteiger partial charge in [0.2, 0.25) is 5.91 Å². The summed E-state index contributed by atoms with van der Waals surface area (Å²) in [6.45, 7) is 1.23. The standard InChI is InChI=1S/C23H23N3O3S/c1-29-13-12-26-21(19-7-4-14-30-19)20(17-5-2-3-6-18(17)23(26)28)22(27)25-15-16-8-10-24-11-9-16/h2-11,14,20-21H,12-13,15H2,1H3,(H,25,27). The summed E-state index contributed by atoms with van der Waals surface area (Å²) < 4.78 is 5.25. The van der Waals surface area contributed by atoms with E-state index in [1.165, 1.54) is 0 Å². The fourth-order valence-corrected chi connectivity index (χ4v) is 4.76. The number of aromatic nitrogens is 1. The van der Waals surface area contributed by atoms with Gasteiger partial charge in [0.15, 0.2) is 0 Å². The molecule has 30 heavy (non-hydrogen) atoms. The van der Waals surface area contributed by atoms with Crippen LogP contribution in [0.5, 0.6) is 0 Å². The Morgan fingerprint density at radius 2 is 1.97 bits per heavy atom. The zero-order valence-corrected chi connectivity index (χ0v) is 17.5. The molecular formula is C23H23N3O3S. The van der Waals surface area contributed by atoms with Crippen molar-refractivity contribution in [2.24, 2.45) is 0 Å². The van der Waals surface area contributed by atoms with E-state index >= 15 is 0 Å². The zero-order chi connectivity index (χ0) is 20.9. The van der Waals surface area contributed by atoms with Crippen LogP contribution in [0.25, 0.3) is 0 Å². The van der Waals surface area contributed by atoms with Crippen molar-refractivity contribution in [3.05, 3.63) is 87.9 Å². The van der Waals surface area contributed by atoms with E-state index in [1.807, 2.05) is 47.8 Å². The number of nitrogens with zero attached hydrogens (tertiary/aromatic N) is 2. The second-order valence-corrected chi connectivity index (χ2v) is 8.07. The van der Waals surface area contributed by atoms with Gasteiger partial charge < -0.3 is 15.0 Å². The maximum Gasteiger partial charge on any atom is 0.254 e. The van der Waals surface area contributed by atoms with E-state index in [-0.39, 0.29) is 17.9 Å². The highest BCUT2D eigenvalue weighted by molar-refractivity contribution is 7.10. The normalized spacial score (nSPS) is 18.2. The Morgan fingerprint density at radius 1 is 1.17 bits per heavy atom. The molecule has 2 atom stereocenters. The molecule has 3 heterocycles. The van der Waals surface area contributed by atoms with Gasteiger partial charge in [-0.05, 0) is 40.8 Å². The van der Waals surface area contributed by atoms with Gasteiger partial charge in [-0.2, -0.15) is 0 Å². The van der Waals surface area contributed by atoms with Crippen LogP contribution in [0.15, 0.2) is 66.3 Å². The molecule has 0 fully saturated rings. The van der Waals surface area contributed by atoms with Crippen molar-refractivity contribution >= 4 is 23.2 Å². The van der Waals surface area contributed by atoms with E-state index in [1.54, 1.807) is 41.8 Å². The lowest BCUT2D eigenvalue weighted by Crippen LogP contribution is -2.48. The minimum absolute atomic E-state index is 0.0702. The largest absolute Gasteiger partial charge is 0.383 e. The third-order valence-electron chi connectivity index (χ3n) is 5.31. The number of amides is 2. The minimum Gasteiger partial charge on any atom is -0.383 e. The molecule has 3 aromatic rings. The number of hydrogen-bond donors (Lipinski definition) is 1. The third-order valence-corrected chi connectivity index (χ3v) is 6.25. The van der Waals surface area contributed by atoms with E-state index in [0.717, 1.165) is 16.0 Å². The molecule has 1 aliphatic heterocycles. The molecule has 2 amide bonds. The molecule has 0 saturated carbocycles. The van der Waals surface area contributed by atoms with Crippen molar-refractivity contribution in [3.8, 4) is 0 Å². The minimum atomic E-state index is -0.503. The van der Waals surface area contributed by atoms with Crippen LogP contribution in [0.2, 0.25) is 0 Å². The molecule has 7 heteroatoms. The highest BCUT2D eigenvalue weighted by Crippen LogP contribution is 2.44. The Labute approximate surface area is 179 Å². The number of carbonyl (C=O) groups is 2. The van der Waals surface area contributed by atoms with Gasteiger partial charge in [-0.3, -0.25) is 14.6 Å². The van der Waals surface area contributed by atoms with Crippen molar-refractivity contribution in [2.75, 3.05) is 20.3 Å². The summed E-state index contributed by atoms with van der Waals surface area (Å²) in [5.74, 6) is -0.678. The van der Waals surface area contributed by atoms with E-state index in [9.17, 15) is 9.59 Å². The molecule has 154 valence electrons. The van der Waals surface area contributed by atoms with Crippen molar-refractivity contribution in [2.45, 2.75) is 18.5 Å². The highest BCUT2D eigenvalue weighted by atomic mass is 32.1. The predicted molar refractivity (Wildman–Crippen MR) is 115 cm³/mol. The summed E-state index contributed by atoms with van der Waals surface area (Å²) in [5, 5.41) is 5.03. The third kappa shape index (κ3) is 3.99. The van der Waals surface area contributed by atoms with Gasteiger partial charge in [0.1, 0.15) is 0 Å². The topological polar surface area (TPSA) is 71.5 Å².